The maximum atomic E-state index is 9.67. The molecule has 3 aromatic carbocycles. The van der Waals surface area contributed by atoms with Crippen molar-refractivity contribution in [2.75, 3.05) is 0 Å². The van der Waals surface area contributed by atoms with Gasteiger partial charge in [-0.25, -0.2) is 4.42 Å². The SMILES string of the molecule is C1=C(c2ccccc2)CC(c2ccccc2)[O+]=C1c1ccccc1.FB(F)F.[F-]. The highest BCUT2D eigenvalue weighted by Gasteiger charge is 2.30. The number of hydrogen-bond donors (Lipinski definition) is 0. The summed E-state index contributed by atoms with van der Waals surface area (Å²) in [6.07, 6.45) is 3.11. The van der Waals surface area contributed by atoms with E-state index in [9.17, 15) is 12.9 Å². The molecule has 0 fully saturated rings. The normalized spacial score (nSPS) is 15.1. The van der Waals surface area contributed by atoms with Crippen LogP contribution in [0.1, 0.15) is 33.6 Å². The molecule has 0 bridgehead atoms. The average Bonchev–Trinajstić information content (AvgIpc) is 2.75. The summed E-state index contributed by atoms with van der Waals surface area (Å²) in [7, 11) is -3.67. The Bertz CT molecular complexity index is 926. The lowest BCUT2D eigenvalue weighted by Gasteiger charge is -2.13. The van der Waals surface area contributed by atoms with Gasteiger partial charge in [-0.15, -0.1) is 0 Å². The van der Waals surface area contributed by atoms with Gasteiger partial charge in [0, 0.05) is 6.08 Å². The van der Waals surface area contributed by atoms with Crippen molar-refractivity contribution in [1.29, 1.82) is 0 Å². The Morgan fingerprint density at radius 2 is 1.14 bits per heavy atom. The first-order valence-electron chi connectivity index (χ1n) is 8.95. The molecule has 3 aromatic rings. The lowest BCUT2D eigenvalue weighted by molar-refractivity contribution is -0.331. The number of rotatable bonds is 3. The summed E-state index contributed by atoms with van der Waals surface area (Å²) in [5.41, 5.74) is 4.91. The minimum absolute atomic E-state index is 0. The van der Waals surface area contributed by atoms with Gasteiger partial charge in [0.25, 0.3) is 0 Å². The van der Waals surface area contributed by atoms with Crippen LogP contribution in [0.15, 0.2) is 97.1 Å². The molecular formula is C23H19BF4O. The van der Waals surface area contributed by atoms with Crippen LogP contribution in [0, 0.1) is 0 Å². The number of hydrogen-bond acceptors (Lipinski definition) is 0. The fourth-order valence-electron chi connectivity index (χ4n) is 3.11. The van der Waals surface area contributed by atoms with Crippen LogP contribution in [0.2, 0.25) is 0 Å². The van der Waals surface area contributed by atoms with Crippen LogP contribution >= 0.6 is 0 Å². The van der Waals surface area contributed by atoms with Crippen LogP contribution in [-0.2, 0) is 0 Å². The molecule has 1 aliphatic rings. The second kappa shape index (κ2) is 11.0. The molecule has 0 aromatic heterocycles. The summed E-state index contributed by atoms with van der Waals surface area (Å²) in [6, 6.07) is 31.4. The smallest absolute Gasteiger partial charge is 0.762 e. The average molecular weight is 398 g/mol. The Hall–Kier alpha value is -3.15. The quantitative estimate of drug-likeness (QED) is 0.364. The maximum absolute atomic E-state index is 9.67. The van der Waals surface area contributed by atoms with Crippen LogP contribution in [0.4, 0.5) is 12.9 Å². The Morgan fingerprint density at radius 1 is 0.690 bits per heavy atom. The summed E-state index contributed by atoms with van der Waals surface area (Å²) in [5, 5.41) is 0. The zero-order chi connectivity index (χ0) is 19.8. The van der Waals surface area contributed by atoms with Gasteiger partial charge in [0.15, 0.2) is 0 Å². The van der Waals surface area contributed by atoms with Gasteiger partial charge in [-0.3, -0.25) is 12.9 Å². The molecule has 0 saturated carbocycles. The lowest BCUT2D eigenvalue weighted by Crippen LogP contribution is -3.00. The molecule has 1 heterocycles. The molecule has 29 heavy (non-hydrogen) atoms. The van der Waals surface area contributed by atoms with Gasteiger partial charge in [-0.1, -0.05) is 66.7 Å². The molecule has 6 heteroatoms. The van der Waals surface area contributed by atoms with E-state index in [0.29, 0.717) is 0 Å². The fraction of sp³-hybridized carbons (Fsp3) is 0.0870. The van der Waals surface area contributed by atoms with Crippen molar-refractivity contribution in [3.05, 3.63) is 114 Å². The van der Waals surface area contributed by atoms with Crippen molar-refractivity contribution >= 4 is 18.9 Å². The third-order valence-electron chi connectivity index (χ3n) is 4.35. The first-order valence-corrected chi connectivity index (χ1v) is 8.95. The maximum Gasteiger partial charge on any atom is 0.762 e. The molecule has 0 N–H and O–H groups in total. The van der Waals surface area contributed by atoms with Crippen LogP contribution in [-0.4, -0.2) is 13.3 Å². The van der Waals surface area contributed by atoms with E-state index in [1.807, 2.05) is 24.3 Å². The Kier molecular flexibility index (Phi) is 8.40. The highest BCUT2D eigenvalue weighted by Crippen LogP contribution is 2.34. The minimum Gasteiger partial charge on any atom is -1.00 e. The third kappa shape index (κ3) is 6.45. The zero-order valence-electron chi connectivity index (χ0n) is 15.5. The molecule has 0 spiro atoms. The molecule has 0 aliphatic carbocycles. The summed E-state index contributed by atoms with van der Waals surface area (Å²) in [4.78, 5) is 0. The van der Waals surface area contributed by atoms with Crippen LogP contribution in [0.3, 0.4) is 0 Å². The second-order valence-corrected chi connectivity index (χ2v) is 6.23. The topological polar surface area (TPSA) is 11.3 Å². The minimum atomic E-state index is -3.67. The van der Waals surface area contributed by atoms with Gasteiger partial charge in [0.1, 0.15) is 0 Å². The van der Waals surface area contributed by atoms with Crippen molar-refractivity contribution in [1.82, 2.24) is 0 Å². The van der Waals surface area contributed by atoms with E-state index in [1.165, 1.54) is 16.7 Å². The second-order valence-electron chi connectivity index (χ2n) is 6.23. The lowest BCUT2D eigenvalue weighted by atomic mass is 9.92. The van der Waals surface area contributed by atoms with Crippen molar-refractivity contribution < 1.29 is 22.1 Å². The van der Waals surface area contributed by atoms with Gasteiger partial charge in [-0.2, -0.15) is 0 Å². The zero-order valence-corrected chi connectivity index (χ0v) is 15.5. The molecule has 148 valence electrons. The van der Waals surface area contributed by atoms with E-state index >= 15 is 0 Å². The number of halogens is 4. The molecule has 1 aliphatic heterocycles. The van der Waals surface area contributed by atoms with Crippen molar-refractivity contribution in [2.24, 2.45) is 0 Å². The Labute approximate surface area is 167 Å². The van der Waals surface area contributed by atoms with E-state index in [4.69, 9.17) is 4.42 Å². The van der Waals surface area contributed by atoms with Crippen molar-refractivity contribution in [3.8, 4) is 0 Å². The van der Waals surface area contributed by atoms with Crippen LogP contribution < -0.4 is 4.70 Å². The van der Waals surface area contributed by atoms with Gasteiger partial charge < -0.3 is 4.70 Å². The molecule has 0 radical (unpaired) electrons. The monoisotopic (exact) mass is 398 g/mol. The van der Waals surface area contributed by atoms with Crippen LogP contribution in [0.5, 0.6) is 0 Å². The standard InChI is InChI=1S/C23H19O.BF3.FH/c1-4-10-18(11-5-1)21-16-22(19-12-6-2-7-13-19)24-23(17-21)20-14-8-3-9-15-20;2-1(3)4;/h1-16,23H,17H2;;1H/q+1;;/p-1. The summed E-state index contributed by atoms with van der Waals surface area (Å²) in [6.45, 7) is 0. The molecule has 1 unspecified atom stereocenters. The van der Waals surface area contributed by atoms with E-state index < -0.39 is 7.54 Å². The van der Waals surface area contributed by atoms with Gasteiger partial charge >= 0.3 is 19.4 Å². The first-order chi connectivity index (χ1) is 13.6. The molecular weight excluding hydrogens is 379 g/mol. The van der Waals surface area contributed by atoms with Crippen molar-refractivity contribution in [2.45, 2.75) is 12.5 Å². The number of benzene rings is 3. The van der Waals surface area contributed by atoms with Gasteiger partial charge in [0.2, 0.25) is 0 Å². The third-order valence-corrected chi connectivity index (χ3v) is 4.35. The molecule has 1 nitrogen and oxygen atoms in total. The summed E-state index contributed by atoms with van der Waals surface area (Å²) < 4.78 is 35.4. The number of allylic oxidation sites excluding steroid dienone is 1. The largest absolute Gasteiger partial charge is 1.00 e. The van der Waals surface area contributed by atoms with Crippen molar-refractivity contribution in [3.63, 3.8) is 0 Å². The Morgan fingerprint density at radius 3 is 1.66 bits per heavy atom. The molecule has 0 saturated heterocycles. The number of ketones is 1. The van der Waals surface area contributed by atoms with Gasteiger partial charge in [-0.05, 0) is 35.4 Å². The van der Waals surface area contributed by atoms with E-state index in [0.717, 1.165) is 17.8 Å². The number of carbonyl (C=O) groups excluding carboxylic acids is 1. The van der Waals surface area contributed by atoms with E-state index in [-0.39, 0.29) is 10.8 Å². The highest BCUT2D eigenvalue weighted by atomic mass is 19.4. The summed E-state index contributed by atoms with van der Waals surface area (Å²) in [5.74, 6) is 0.939. The first kappa shape index (κ1) is 22.1. The molecule has 0 amide bonds. The van der Waals surface area contributed by atoms with E-state index in [2.05, 4.69) is 72.8 Å². The molecule has 1 atom stereocenters. The predicted octanol–water partition coefficient (Wildman–Crippen LogP) is 3.52. The molecule has 4 rings (SSSR count). The predicted molar refractivity (Wildman–Crippen MR) is 108 cm³/mol. The van der Waals surface area contributed by atoms with Crippen LogP contribution in [0.25, 0.3) is 5.57 Å². The van der Waals surface area contributed by atoms with Gasteiger partial charge in [0.05, 0.1) is 17.5 Å². The highest BCUT2D eigenvalue weighted by molar-refractivity contribution is 6.33. The van der Waals surface area contributed by atoms with E-state index in [1.54, 1.807) is 0 Å². The summed E-state index contributed by atoms with van der Waals surface area (Å²) >= 11 is 0. The fourth-order valence-corrected chi connectivity index (χ4v) is 3.11. The Balaban J connectivity index is 0.000000552.